The number of aromatic nitrogens is 4. The van der Waals surface area contributed by atoms with Gasteiger partial charge in [0.1, 0.15) is 0 Å². The lowest BCUT2D eigenvalue weighted by atomic mass is 10.3. The average molecular weight is 422 g/mol. The minimum absolute atomic E-state index is 0.0164. The lowest BCUT2D eigenvalue weighted by molar-refractivity contribution is -0.133. The first-order chi connectivity index (χ1) is 15.0. The van der Waals surface area contributed by atoms with Crippen LogP contribution in [-0.2, 0) is 4.79 Å². The molecule has 162 valence electrons. The minimum Gasteiger partial charge on any atom is -0.493 e. The molecule has 1 fully saturated rings. The molecule has 9 nitrogen and oxygen atoms in total. The van der Waals surface area contributed by atoms with Crippen LogP contribution in [0, 0.1) is 13.8 Å². The number of amides is 1. The molecule has 1 aliphatic rings. The normalized spacial score (nSPS) is 13.9. The van der Waals surface area contributed by atoms with Crippen molar-refractivity contribution in [1.29, 1.82) is 0 Å². The molecule has 0 atom stereocenters. The van der Waals surface area contributed by atoms with Crippen molar-refractivity contribution >= 4 is 11.7 Å². The number of aryl methyl sites for hydroxylation is 2. The van der Waals surface area contributed by atoms with Crippen molar-refractivity contribution in [1.82, 2.24) is 24.9 Å². The maximum atomic E-state index is 12.6. The van der Waals surface area contributed by atoms with E-state index in [9.17, 15) is 4.79 Å². The quantitative estimate of drug-likeness (QED) is 0.601. The van der Waals surface area contributed by atoms with Crippen LogP contribution in [0.4, 0.5) is 5.82 Å². The van der Waals surface area contributed by atoms with Gasteiger partial charge in [-0.25, -0.2) is 4.68 Å². The standard InChI is InChI=1S/C22H26N6O3/c1-16-14-17(2)28(25-16)21-9-8-20(23-24-21)26-10-12-27(13-11-26)22(29)15-31-19-7-5-4-6-18(19)30-3/h4-9,14H,10-13,15H2,1-3H3. The second-order valence-corrected chi connectivity index (χ2v) is 7.40. The third kappa shape index (κ3) is 4.60. The van der Waals surface area contributed by atoms with Crippen LogP contribution in [0.25, 0.3) is 5.82 Å². The molecule has 1 amide bonds. The predicted octanol–water partition coefficient (Wildman–Crippen LogP) is 2.02. The Kier molecular flexibility index (Phi) is 6.01. The molecule has 0 spiro atoms. The summed E-state index contributed by atoms with van der Waals surface area (Å²) < 4.78 is 12.7. The molecular formula is C22H26N6O3. The maximum Gasteiger partial charge on any atom is 0.260 e. The molecule has 3 aromatic rings. The van der Waals surface area contributed by atoms with Crippen molar-refractivity contribution in [2.24, 2.45) is 0 Å². The van der Waals surface area contributed by atoms with E-state index in [2.05, 4.69) is 20.2 Å². The lowest BCUT2D eigenvalue weighted by Gasteiger charge is -2.35. The molecule has 0 saturated carbocycles. The zero-order valence-electron chi connectivity index (χ0n) is 18.0. The van der Waals surface area contributed by atoms with Crippen LogP contribution in [0.5, 0.6) is 11.5 Å². The molecule has 9 heteroatoms. The van der Waals surface area contributed by atoms with Crippen LogP contribution in [-0.4, -0.2) is 70.7 Å². The van der Waals surface area contributed by atoms with Crippen molar-refractivity contribution in [3.8, 4) is 17.3 Å². The number of carbonyl (C=O) groups excluding carboxylic acids is 1. The molecule has 0 unspecified atom stereocenters. The van der Waals surface area contributed by atoms with E-state index in [1.165, 1.54) is 0 Å². The van der Waals surface area contributed by atoms with Crippen LogP contribution in [0.3, 0.4) is 0 Å². The van der Waals surface area contributed by atoms with Gasteiger partial charge in [-0.15, -0.1) is 10.2 Å². The van der Waals surface area contributed by atoms with E-state index in [-0.39, 0.29) is 12.5 Å². The highest BCUT2D eigenvalue weighted by Gasteiger charge is 2.23. The number of benzene rings is 1. The SMILES string of the molecule is COc1ccccc1OCC(=O)N1CCN(c2ccc(-n3nc(C)cc3C)nn2)CC1. The highest BCUT2D eigenvalue weighted by atomic mass is 16.5. The molecule has 0 aliphatic carbocycles. The molecule has 31 heavy (non-hydrogen) atoms. The Hall–Kier alpha value is -3.62. The van der Waals surface area contributed by atoms with Gasteiger partial charge in [-0.3, -0.25) is 4.79 Å². The summed E-state index contributed by atoms with van der Waals surface area (Å²) in [6, 6.07) is 13.2. The summed E-state index contributed by atoms with van der Waals surface area (Å²) >= 11 is 0. The molecule has 1 aromatic carbocycles. The summed E-state index contributed by atoms with van der Waals surface area (Å²) in [5.74, 6) is 2.62. The Morgan fingerprint density at radius 3 is 2.26 bits per heavy atom. The highest BCUT2D eigenvalue weighted by molar-refractivity contribution is 5.78. The third-order valence-electron chi connectivity index (χ3n) is 5.24. The summed E-state index contributed by atoms with van der Waals surface area (Å²) in [4.78, 5) is 16.5. The van der Waals surface area contributed by atoms with E-state index in [0.717, 1.165) is 17.2 Å². The van der Waals surface area contributed by atoms with E-state index in [1.807, 2.05) is 49.1 Å². The van der Waals surface area contributed by atoms with E-state index in [1.54, 1.807) is 23.9 Å². The first kappa shape index (κ1) is 20.6. The number of ether oxygens (including phenoxy) is 2. The largest absolute Gasteiger partial charge is 0.493 e. The van der Waals surface area contributed by atoms with E-state index >= 15 is 0 Å². The van der Waals surface area contributed by atoms with Crippen LogP contribution in [0.15, 0.2) is 42.5 Å². The van der Waals surface area contributed by atoms with Gasteiger partial charge in [-0.05, 0) is 44.2 Å². The second kappa shape index (κ2) is 9.03. The summed E-state index contributed by atoms with van der Waals surface area (Å²) in [7, 11) is 1.58. The average Bonchev–Trinajstić information content (AvgIpc) is 3.15. The van der Waals surface area contributed by atoms with Gasteiger partial charge in [0.2, 0.25) is 0 Å². The Morgan fingerprint density at radius 1 is 0.968 bits per heavy atom. The summed E-state index contributed by atoms with van der Waals surface area (Å²) in [6.07, 6.45) is 0. The van der Waals surface area contributed by atoms with Crippen molar-refractivity contribution < 1.29 is 14.3 Å². The first-order valence-corrected chi connectivity index (χ1v) is 10.2. The zero-order chi connectivity index (χ0) is 21.8. The third-order valence-corrected chi connectivity index (χ3v) is 5.24. The van der Waals surface area contributed by atoms with Crippen LogP contribution < -0.4 is 14.4 Å². The number of piperazine rings is 1. The number of carbonyl (C=O) groups is 1. The Balaban J connectivity index is 1.31. The van der Waals surface area contributed by atoms with Crippen molar-refractivity contribution in [3.05, 3.63) is 53.9 Å². The fraction of sp³-hybridized carbons (Fsp3) is 0.364. The van der Waals surface area contributed by atoms with Gasteiger partial charge < -0.3 is 19.3 Å². The van der Waals surface area contributed by atoms with Crippen LogP contribution in [0.1, 0.15) is 11.4 Å². The second-order valence-electron chi connectivity index (χ2n) is 7.40. The zero-order valence-corrected chi connectivity index (χ0v) is 18.0. The molecule has 0 radical (unpaired) electrons. The molecule has 0 N–H and O–H groups in total. The van der Waals surface area contributed by atoms with Crippen molar-refractivity contribution in [2.45, 2.75) is 13.8 Å². The number of anilines is 1. The van der Waals surface area contributed by atoms with Crippen LogP contribution >= 0.6 is 0 Å². The Bertz CT molecular complexity index is 1040. The number of nitrogens with zero attached hydrogens (tertiary/aromatic N) is 6. The Labute approximate surface area is 181 Å². The van der Waals surface area contributed by atoms with Crippen molar-refractivity contribution in [2.75, 3.05) is 44.8 Å². The van der Waals surface area contributed by atoms with Crippen molar-refractivity contribution in [3.63, 3.8) is 0 Å². The highest BCUT2D eigenvalue weighted by Crippen LogP contribution is 2.25. The van der Waals surface area contributed by atoms with Gasteiger partial charge in [-0.1, -0.05) is 12.1 Å². The van der Waals surface area contributed by atoms with Crippen LogP contribution in [0.2, 0.25) is 0 Å². The maximum absolute atomic E-state index is 12.6. The predicted molar refractivity (Wildman–Crippen MR) is 116 cm³/mol. The fourth-order valence-electron chi connectivity index (χ4n) is 3.61. The van der Waals surface area contributed by atoms with Gasteiger partial charge in [0.25, 0.3) is 5.91 Å². The molecular weight excluding hydrogens is 396 g/mol. The first-order valence-electron chi connectivity index (χ1n) is 10.2. The minimum atomic E-state index is -0.0449. The monoisotopic (exact) mass is 422 g/mol. The number of rotatable bonds is 6. The molecule has 2 aromatic heterocycles. The number of para-hydroxylation sites is 2. The fourth-order valence-corrected chi connectivity index (χ4v) is 3.61. The topological polar surface area (TPSA) is 85.6 Å². The Morgan fingerprint density at radius 2 is 1.65 bits per heavy atom. The number of hydrogen-bond donors (Lipinski definition) is 0. The summed E-state index contributed by atoms with van der Waals surface area (Å²) in [6.45, 7) is 6.51. The molecule has 3 heterocycles. The van der Waals surface area contributed by atoms with E-state index in [0.29, 0.717) is 43.5 Å². The van der Waals surface area contributed by atoms with Gasteiger partial charge >= 0.3 is 0 Å². The molecule has 0 bridgehead atoms. The molecule has 1 saturated heterocycles. The van der Waals surface area contributed by atoms with Gasteiger partial charge in [-0.2, -0.15) is 5.10 Å². The number of hydrogen-bond acceptors (Lipinski definition) is 7. The molecule has 1 aliphatic heterocycles. The van der Waals surface area contributed by atoms with Gasteiger partial charge in [0.15, 0.2) is 29.7 Å². The number of methoxy groups -OCH3 is 1. The van der Waals surface area contributed by atoms with E-state index in [4.69, 9.17) is 9.47 Å². The molecule has 4 rings (SSSR count). The summed E-state index contributed by atoms with van der Waals surface area (Å²) in [5.41, 5.74) is 1.96. The van der Waals surface area contributed by atoms with E-state index < -0.39 is 0 Å². The van der Waals surface area contributed by atoms with Gasteiger partial charge in [0.05, 0.1) is 12.8 Å². The smallest absolute Gasteiger partial charge is 0.260 e. The lowest BCUT2D eigenvalue weighted by Crippen LogP contribution is -2.50. The van der Waals surface area contributed by atoms with Gasteiger partial charge in [0, 0.05) is 31.9 Å². The summed E-state index contributed by atoms with van der Waals surface area (Å²) in [5, 5.41) is 13.1.